The van der Waals surface area contributed by atoms with E-state index in [-0.39, 0.29) is 0 Å². The van der Waals surface area contributed by atoms with Gasteiger partial charge in [-0.1, -0.05) is 34.1 Å². The molecular weight excluding hydrogens is 264 g/mol. The van der Waals surface area contributed by atoms with Crippen molar-refractivity contribution in [3.8, 4) is 0 Å². The molecule has 0 radical (unpaired) electrons. The van der Waals surface area contributed by atoms with Crippen molar-refractivity contribution >= 4 is 15.9 Å². The highest BCUT2D eigenvalue weighted by Gasteiger charge is 2.01. The molecule has 0 aliphatic carbocycles. The topological polar surface area (TPSA) is 17.0 Å². The first kappa shape index (κ1) is 11.3. The molecule has 0 saturated heterocycles. The summed E-state index contributed by atoms with van der Waals surface area (Å²) in [4.78, 5) is 0. The van der Waals surface area contributed by atoms with Crippen molar-refractivity contribution in [2.24, 2.45) is 0 Å². The average Bonchev–Trinajstić information content (AvgIpc) is 2.58. The smallest absolute Gasteiger partial charge is 0.0575 e. The fourth-order valence-electron chi connectivity index (χ4n) is 1.72. The molecule has 0 amide bonds. The predicted octanol–water partition coefficient (Wildman–Crippen LogP) is 3.61. The van der Waals surface area contributed by atoms with Gasteiger partial charge in [-0.15, -0.1) is 0 Å². The number of hydrogen-bond donors (Lipinski definition) is 1. The highest BCUT2D eigenvalue weighted by atomic mass is 79.9. The van der Waals surface area contributed by atoms with E-state index < -0.39 is 0 Å². The first-order valence-electron chi connectivity index (χ1n) is 5.30. The fourth-order valence-corrected chi connectivity index (χ4v) is 2.15. The van der Waals surface area contributed by atoms with Gasteiger partial charge in [0.2, 0.25) is 0 Å². The van der Waals surface area contributed by atoms with Crippen LogP contribution in [0.5, 0.6) is 0 Å². The summed E-state index contributed by atoms with van der Waals surface area (Å²) in [6, 6.07) is 12.5. The maximum absolute atomic E-state index is 3.55. The highest BCUT2D eigenvalue weighted by Crippen LogP contribution is 2.16. The Hall–Kier alpha value is -1.22. The van der Waals surface area contributed by atoms with Crippen LogP contribution in [0.15, 0.2) is 40.9 Å². The van der Waals surface area contributed by atoms with Crippen LogP contribution in [-0.2, 0) is 6.54 Å². The van der Waals surface area contributed by atoms with Crippen molar-refractivity contribution < 1.29 is 0 Å². The second-order valence-electron chi connectivity index (χ2n) is 3.88. The van der Waals surface area contributed by atoms with E-state index >= 15 is 0 Å². The summed E-state index contributed by atoms with van der Waals surface area (Å²) in [6.07, 6.45) is 0. The third kappa shape index (κ3) is 2.30. The average molecular weight is 279 g/mol. The molecule has 1 N–H and O–H groups in total. The van der Waals surface area contributed by atoms with Crippen molar-refractivity contribution in [1.29, 1.82) is 0 Å². The Balaban J connectivity index is 2.11. The minimum Gasteiger partial charge on any atom is -0.321 e. The summed E-state index contributed by atoms with van der Waals surface area (Å²) >= 11 is 3.55. The van der Waals surface area contributed by atoms with Gasteiger partial charge in [0.05, 0.1) is 6.54 Å². The molecule has 2 rings (SSSR count). The molecule has 0 spiro atoms. The van der Waals surface area contributed by atoms with Gasteiger partial charge in [0.15, 0.2) is 0 Å². The number of halogens is 1. The lowest BCUT2D eigenvalue weighted by Gasteiger charge is -2.13. The van der Waals surface area contributed by atoms with Crippen LogP contribution in [0.25, 0.3) is 0 Å². The molecule has 0 aliphatic rings. The van der Waals surface area contributed by atoms with Crippen LogP contribution in [-0.4, -0.2) is 4.68 Å². The molecule has 84 valence electrons. The summed E-state index contributed by atoms with van der Waals surface area (Å²) < 4.78 is 3.25. The molecule has 0 fully saturated rings. The highest BCUT2D eigenvalue weighted by molar-refractivity contribution is 9.10. The summed E-state index contributed by atoms with van der Waals surface area (Å²) in [6.45, 7) is 5.01. The van der Waals surface area contributed by atoms with Crippen molar-refractivity contribution in [3.63, 3.8) is 0 Å². The molecule has 16 heavy (non-hydrogen) atoms. The largest absolute Gasteiger partial charge is 0.321 e. The Morgan fingerprint density at radius 1 is 1.06 bits per heavy atom. The number of aromatic nitrogens is 1. The minimum absolute atomic E-state index is 0.817. The summed E-state index contributed by atoms with van der Waals surface area (Å²) in [5, 5.41) is 0. The fraction of sp³-hybridized carbons (Fsp3) is 0.231. The van der Waals surface area contributed by atoms with Crippen molar-refractivity contribution in [3.05, 3.63) is 57.8 Å². The minimum atomic E-state index is 0.817. The van der Waals surface area contributed by atoms with Crippen LogP contribution < -0.4 is 5.43 Å². The Morgan fingerprint density at radius 2 is 1.69 bits per heavy atom. The Kier molecular flexibility index (Phi) is 3.34. The SMILES string of the molecule is Cc1ccc(C)n1NCc1ccccc1Br. The van der Waals surface area contributed by atoms with Crippen LogP contribution in [0.4, 0.5) is 0 Å². The number of nitrogens with zero attached hydrogens (tertiary/aromatic N) is 1. The number of aryl methyl sites for hydroxylation is 2. The number of hydrogen-bond acceptors (Lipinski definition) is 1. The number of nitrogens with one attached hydrogen (secondary N) is 1. The number of benzene rings is 1. The van der Waals surface area contributed by atoms with Crippen molar-refractivity contribution in [2.45, 2.75) is 20.4 Å². The van der Waals surface area contributed by atoms with Crippen molar-refractivity contribution in [1.82, 2.24) is 4.68 Å². The van der Waals surface area contributed by atoms with E-state index in [1.807, 2.05) is 6.07 Å². The lowest BCUT2D eigenvalue weighted by molar-refractivity contribution is 0.791. The Morgan fingerprint density at radius 3 is 2.31 bits per heavy atom. The van der Waals surface area contributed by atoms with Crippen molar-refractivity contribution in [2.75, 3.05) is 5.43 Å². The van der Waals surface area contributed by atoms with Gasteiger partial charge in [0.25, 0.3) is 0 Å². The van der Waals surface area contributed by atoms with E-state index in [0.717, 1.165) is 11.0 Å². The van der Waals surface area contributed by atoms with Gasteiger partial charge >= 0.3 is 0 Å². The standard InChI is InChI=1S/C13H15BrN2/c1-10-7-8-11(2)16(10)15-9-12-5-3-4-6-13(12)14/h3-8,15H,9H2,1-2H3. The molecule has 0 bridgehead atoms. The third-order valence-corrected chi connectivity index (χ3v) is 3.43. The second-order valence-corrected chi connectivity index (χ2v) is 4.73. The van der Waals surface area contributed by atoms with Gasteiger partial charge in [0, 0.05) is 15.9 Å². The molecule has 0 saturated carbocycles. The van der Waals surface area contributed by atoms with Crippen LogP contribution >= 0.6 is 15.9 Å². The van der Waals surface area contributed by atoms with Gasteiger partial charge in [-0.25, -0.2) is 0 Å². The zero-order valence-electron chi connectivity index (χ0n) is 9.50. The molecule has 1 aromatic carbocycles. The van der Waals surface area contributed by atoms with E-state index in [2.05, 4.69) is 70.2 Å². The second kappa shape index (κ2) is 4.74. The summed E-state index contributed by atoms with van der Waals surface area (Å²) in [7, 11) is 0. The predicted molar refractivity (Wildman–Crippen MR) is 71.1 cm³/mol. The molecular formula is C13H15BrN2. The van der Waals surface area contributed by atoms with E-state index in [9.17, 15) is 0 Å². The number of rotatable bonds is 3. The zero-order chi connectivity index (χ0) is 11.5. The van der Waals surface area contributed by atoms with Gasteiger partial charge < -0.3 is 5.43 Å². The molecule has 2 aromatic rings. The molecule has 0 unspecified atom stereocenters. The Labute approximate surface area is 104 Å². The van der Waals surface area contributed by atoms with Crippen LogP contribution in [0.3, 0.4) is 0 Å². The van der Waals surface area contributed by atoms with E-state index in [4.69, 9.17) is 0 Å². The maximum atomic E-state index is 3.55. The lowest BCUT2D eigenvalue weighted by atomic mass is 10.2. The molecule has 2 nitrogen and oxygen atoms in total. The zero-order valence-corrected chi connectivity index (χ0v) is 11.1. The monoisotopic (exact) mass is 278 g/mol. The third-order valence-electron chi connectivity index (χ3n) is 2.66. The maximum Gasteiger partial charge on any atom is 0.0575 e. The van der Waals surface area contributed by atoms with E-state index in [1.165, 1.54) is 17.0 Å². The van der Waals surface area contributed by atoms with Gasteiger partial charge in [-0.05, 0) is 37.6 Å². The lowest BCUT2D eigenvalue weighted by Crippen LogP contribution is -2.17. The van der Waals surface area contributed by atoms with Crippen LogP contribution in [0.2, 0.25) is 0 Å². The molecule has 1 heterocycles. The molecule has 0 aliphatic heterocycles. The van der Waals surface area contributed by atoms with Crippen LogP contribution in [0, 0.1) is 13.8 Å². The first-order chi connectivity index (χ1) is 7.68. The normalized spacial score (nSPS) is 10.4. The quantitative estimate of drug-likeness (QED) is 0.908. The van der Waals surface area contributed by atoms with E-state index in [1.54, 1.807) is 0 Å². The van der Waals surface area contributed by atoms with Crippen LogP contribution in [0.1, 0.15) is 17.0 Å². The summed E-state index contributed by atoms with van der Waals surface area (Å²) in [5.41, 5.74) is 7.12. The molecule has 3 heteroatoms. The summed E-state index contributed by atoms with van der Waals surface area (Å²) in [5.74, 6) is 0. The van der Waals surface area contributed by atoms with E-state index in [0.29, 0.717) is 0 Å². The Bertz CT molecular complexity index is 469. The van der Waals surface area contributed by atoms with Gasteiger partial charge in [0.1, 0.15) is 0 Å². The molecule has 1 aromatic heterocycles. The molecule has 0 atom stereocenters. The van der Waals surface area contributed by atoms with Gasteiger partial charge in [-0.3, -0.25) is 4.68 Å². The van der Waals surface area contributed by atoms with Gasteiger partial charge in [-0.2, -0.15) is 0 Å². The first-order valence-corrected chi connectivity index (χ1v) is 6.10.